The number of amides is 2. The van der Waals surface area contributed by atoms with Crippen LogP contribution in [0.4, 0.5) is 5.69 Å². The first-order valence-corrected chi connectivity index (χ1v) is 8.80. The van der Waals surface area contributed by atoms with Crippen molar-refractivity contribution in [2.75, 3.05) is 18.4 Å². The number of carbonyl (C=O) groups is 2. The topological polar surface area (TPSA) is 49.4 Å². The highest BCUT2D eigenvalue weighted by Gasteiger charge is 2.21. The minimum Gasteiger partial charge on any atom is -0.339 e. The van der Waals surface area contributed by atoms with Crippen LogP contribution >= 0.6 is 0 Å². The standard InChI is InChI=1S/C21H24N2O2/c1-15-9-11-23(12-10-15)21(25)18-7-4-8-19(14-18)22-20(24)17-6-3-5-16(2)13-17/h3-8,13-15H,9-12H2,1-2H3,(H,22,24). The highest BCUT2D eigenvalue weighted by molar-refractivity contribution is 6.05. The van der Waals surface area contributed by atoms with Crippen LogP contribution in [-0.2, 0) is 0 Å². The van der Waals surface area contributed by atoms with E-state index in [4.69, 9.17) is 0 Å². The lowest BCUT2D eigenvalue weighted by atomic mass is 9.98. The fourth-order valence-electron chi connectivity index (χ4n) is 3.11. The quantitative estimate of drug-likeness (QED) is 0.916. The van der Waals surface area contributed by atoms with E-state index in [1.807, 2.05) is 48.2 Å². The van der Waals surface area contributed by atoms with Crippen LogP contribution in [0.5, 0.6) is 0 Å². The molecule has 2 amide bonds. The Labute approximate surface area is 148 Å². The zero-order valence-electron chi connectivity index (χ0n) is 14.8. The number of aryl methyl sites for hydroxylation is 1. The summed E-state index contributed by atoms with van der Waals surface area (Å²) in [6.45, 7) is 5.79. The van der Waals surface area contributed by atoms with Crippen molar-refractivity contribution in [3.05, 3.63) is 65.2 Å². The summed E-state index contributed by atoms with van der Waals surface area (Å²) in [5.74, 6) is 0.558. The van der Waals surface area contributed by atoms with Gasteiger partial charge in [-0.3, -0.25) is 9.59 Å². The van der Waals surface area contributed by atoms with Gasteiger partial charge >= 0.3 is 0 Å². The van der Waals surface area contributed by atoms with Crippen molar-refractivity contribution in [1.82, 2.24) is 4.90 Å². The van der Waals surface area contributed by atoms with E-state index in [1.54, 1.807) is 12.1 Å². The van der Waals surface area contributed by atoms with E-state index < -0.39 is 0 Å². The monoisotopic (exact) mass is 336 g/mol. The Kier molecular flexibility index (Phi) is 5.17. The van der Waals surface area contributed by atoms with E-state index in [1.165, 1.54) is 0 Å². The molecule has 2 aromatic carbocycles. The van der Waals surface area contributed by atoms with Crippen LogP contribution in [0.15, 0.2) is 48.5 Å². The highest BCUT2D eigenvalue weighted by atomic mass is 16.2. The molecule has 25 heavy (non-hydrogen) atoms. The van der Waals surface area contributed by atoms with Gasteiger partial charge in [-0.1, -0.05) is 30.7 Å². The predicted octanol–water partition coefficient (Wildman–Crippen LogP) is 4.12. The van der Waals surface area contributed by atoms with Gasteiger partial charge < -0.3 is 10.2 Å². The average Bonchev–Trinajstić information content (AvgIpc) is 2.62. The molecule has 0 atom stereocenters. The van der Waals surface area contributed by atoms with Gasteiger partial charge in [-0.25, -0.2) is 0 Å². The lowest BCUT2D eigenvalue weighted by Gasteiger charge is -2.30. The SMILES string of the molecule is Cc1cccc(C(=O)Nc2cccc(C(=O)N3CCC(C)CC3)c2)c1. The minimum atomic E-state index is -0.167. The Hall–Kier alpha value is -2.62. The smallest absolute Gasteiger partial charge is 0.255 e. The summed E-state index contributed by atoms with van der Waals surface area (Å²) in [4.78, 5) is 27.0. The Bertz CT molecular complexity index is 777. The van der Waals surface area contributed by atoms with Crippen molar-refractivity contribution in [3.8, 4) is 0 Å². The third kappa shape index (κ3) is 4.27. The first-order chi connectivity index (χ1) is 12.0. The lowest BCUT2D eigenvalue weighted by molar-refractivity contribution is 0.0697. The van der Waals surface area contributed by atoms with E-state index in [2.05, 4.69) is 12.2 Å². The number of rotatable bonds is 3. The highest BCUT2D eigenvalue weighted by Crippen LogP contribution is 2.20. The van der Waals surface area contributed by atoms with E-state index >= 15 is 0 Å². The predicted molar refractivity (Wildman–Crippen MR) is 99.9 cm³/mol. The van der Waals surface area contributed by atoms with Crippen LogP contribution in [0.25, 0.3) is 0 Å². The van der Waals surface area contributed by atoms with Gasteiger partial charge in [0, 0.05) is 29.9 Å². The minimum absolute atomic E-state index is 0.0403. The molecule has 3 rings (SSSR count). The molecule has 0 radical (unpaired) electrons. The number of nitrogens with zero attached hydrogens (tertiary/aromatic N) is 1. The number of nitrogens with one attached hydrogen (secondary N) is 1. The van der Waals surface area contributed by atoms with Gasteiger partial charge in [0.1, 0.15) is 0 Å². The summed E-state index contributed by atoms with van der Waals surface area (Å²) >= 11 is 0. The summed E-state index contributed by atoms with van der Waals surface area (Å²) in [5.41, 5.74) is 2.91. The van der Waals surface area contributed by atoms with Gasteiger partial charge in [-0.2, -0.15) is 0 Å². The van der Waals surface area contributed by atoms with E-state index in [-0.39, 0.29) is 11.8 Å². The summed E-state index contributed by atoms with van der Waals surface area (Å²) in [6, 6.07) is 14.6. The number of hydrogen-bond donors (Lipinski definition) is 1. The number of likely N-dealkylation sites (tertiary alicyclic amines) is 1. The molecule has 1 N–H and O–H groups in total. The summed E-state index contributed by atoms with van der Waals surface area (Å²) in [6.07, 6.45) is 2.10. The van der Waals surface area contributed by atoms with Crippen LogP contribution in [0.2, 0.25) is 0 Å². The molecule has 0 saturated carbocycles. The van der Waals surface area contributed by atoms with Gasteiger partial charge in [0.15, 0.2) is 0 Å². The first-order valence-electron chi connectivity index (χ1n) is 8.80. The third-order valence-corrected chi connectivity index (χ3v) is 4.72. The molecule has 0 aromatic heterocycles. The van der Waals surface area contributed by atoms with Crippen molar-refractivity contribution >= 4 is 17.5 Å². The second kappa shape index (κ2) is 7.51. The molecule has 1 aliphatic heterocycles. The molecule has 1 aliphatic rings. The molecule has 4 heteroatoms. The van der Waals surface area contributed by atoms with Crippen molar-refractivity contribution in [2.24, 2.45) is 5.92 Å². The number of piperidine rings is 1. The molecular weight excluding hydrogens is 312 g/mol. The summed E-state index contributed by atoms with van der Waals surface area (Å²) in [7, 11) is 0. The van der Waals surface area contributed by atoms with Crippen molar-refractivity contribution in [1.29, 1.82) is 0 Å². The van der Waals surface area contributed by atoms with Gasteiger partial charge in [-0.05, 0) is 56.0 Å². The molecule has 0 aliphatic carbocycles. The fraction of sp³-hybridized carbons (Fsp3) is 0.333. The van der Waals surface area contributed by atoms with Crippen molar-refractivity contribution in [2.45, 2.75) is 26.7 Å². The number of hydrogen-bond acceptors (Lipinski definition) is 2. The molecule has 1 heterocycles. The second-order valence-electron chi connectivity index (χ2n) is 6.88. The molecule has 0 bridgehead atoms. The Morgan fingerprint density at radius 2 is 1.68 bits per heavy atom. The number of carbonyl (C=O) groups excluding carboxylic acids is 2. The van der Waals surface area contributed by atoms with Crippen LogP contribution < -0.4 is 5.32 Å². The van der Waals surface area contributed by atoms with E-state index in [0.29, 0.717) is 22.7 Å². The van der Waals surface area contributed by atoms with Crippen molar-refractivity contribution < 1.29 is 9.59 Å². The summed E-state index contributed by atoms with van der Waals surface area (Å²) in [5, 5.41) is 2.88. The van der Waals surface area contributed by atoms with E-state index in [0.717, 1.165) is 31.5 Å². The number of anilines is 1. The second-order valence-corrected chi connectivity index (χ2v) is 6.88. The third-order valence-electron chi connectivity index (χ3n) is 4.72. The Morgan fingerprint density at radius 1 is 1.00 bits per heavy atom. The maximum absolute atomic E-state index is 12.7. The van der Waals surface area contributed by atoms with Gasteiger partial charge in [0.2, 0.25) is 0 Å². The zero-order chi connectivity index (χ0) is 17.8. The van der Waals surface area contributed by atoms with Crippen molar-refractivity contribution in [3.63, 3.8) is 0 Å². The van der Waals surface area contributed by atoms with E-state index in [9.17, 15) is 9.59 Å². The fourth-order valence-corrected chi connectivity index (χ4v) is 3.11. The Morgan fingerprint density at radius 3 is 2.40 bits per heavy atom. The van der Waals surface area contributed by atoms with Gasteiger partial charge in [0.05, 0.1) is 0 Å². The largest absolute Gasteiger partial charge is 0.339 e. The zero-order valence-corrected chi connectivity index (χ0v) is 14.8. The normalized spacial score (nSPS) is 15.0. The van der Waals surface area contributed by atoms with Crippen LogP contribution in [0.3, 0.4) is 0 Å². The summed E-state index contributed by atoms with van der Waals surface area (Å²) < 4.78 is 0. The molecule has 1 saturated heterocycles. The van der Waals surface area contributed by atoms with Gasteiger partial charge in [0.25, 0.3) is 11.8 Å². The molecule has 0 spiro atoms. The maximum atomic E-state index is 12.7. The maximum Gasteiger partial charge on any atom is 0.255 e. The molecule has 2 aromatic rings. The van der Waals surface area contributed by atoms with Crippen LogP contribution in [-0.4, -0.2) is 29.8 Å². The average molecular weight is 336 g/mol. The molecule has 0 unspecified atom stereocenters. The molecule has 1 fully saturated rings. The Balaban J connectivity index is 1.71. The number of benzene rings is 2. The molecule has 4 nitrogen and oxygen atoms in total. The van der Waals surface area contributed by atoms with Crippen LogP contribution in [0, 0.1) is 12.8 Å². The van der Waals surface area contributed by atoms with Crippen LogP contribution in [0.1, 0.15) is 46.0 Å². The lowest BCUT2D eigenvalue weighted by Crippen LogP contribution is -2.37. The molecule has 130 valence electrons. The molecular formula is C21H24N2O2. The first kappa shape index (κ1) is 17.2. The van der Waals surface area contributed by atoms with Gasteiger partial charge in [-0.15, -0.1) is 0 Å².